The first-order valence-electron chi connectivity index (χ1n) is 6.67. The quantitative estimate of drug-likeness (QED) is 0.791. The Bertz CT molecular complexity index is 655. The maximum atomic E-state index is 11.7. The molecule has 20 heavy (non-hydrogen) atoms. The van der Waals surface area contributed by atoms with Crippen molar-refractivity contribution in [3.63, 3.8) is 0 Å². The summed E-state index contributed by atoms with van der Waals surface area (Å²) in [6, 6.07) is 0.157. The number of hydrogen-bond acceptors (Lipinski definition) is 4. The molecule has 3 heterocycles. The summed E-state index contributed by atoms with van der Waals surface area (Å²) >= 11 is 5.84. The van der Waals surface area contributed by atoms with Crippen LogP contribution >= 0.6 is 11.6 Å². The van der Waals surface area contributed by atoms with Gasteiger partial charge in [0.2, 0.25) is 11.2 Å². The van der Waals surface area contributed by atoms with Crippen LogP contribution in [0.3, 0.4) is 0 Å². The molecule has 2 aromatic heterocycles. The summed E-state index contributed by atoms with van der Waals surface area (Å²) in [5, 5.41) is 5.41. The van der Waals surface area contributed by atoms with E-state index in [1.165, 1.54) is 0 Å². The van der Waals surface area contributed by atoms with Crippen LogP contribution in [0.25, 0.3) is 11.0 Å². The molecule has 0 spiro atoms. The van der Waals surface area contributed by atoms with Crippen LogP contribution in [-0.4, -0.2) is 43.1 Å². The highest BCUT2D eigenvalue weighted by Crippen LogP contribution is 2.26. The molecule has 2 unspecified atom stereocenters. The standard InChI is InChI=1S/C13H16ClN5O/c1-8-3-4-18(9(2)20)11(8)7-19-12-10(6-16-19)5-15-13(14)17-12/h5-6,8,11H,3-4,7H2,1-2H3. The SMILES string of the molecule is CC(=O)N1CCC(C)C1Cn1ncc2cnc(Cl)nc21. The third-order valence-electron chi connectivity index (χ3n) is 3.99. The van der Waals surface area contributed by atoms with Crippen molar-refractivity contribution in [2.45, 2.75) is 32.9 Å². The third kappa shape index (κ3) is 2.24. The number of carbonyl (C=O) groups is 1. The first-order chi connectivity index (χ1) is 9.56. The third-order valence-corrected chi connectivity index (χ3v) is 4.18. The second kappa shape index (κ2) is 5.01. The van der Waals surface area contributed by atoms with Gasteiger partial charge in [0.15, 0.2) is 5.65 Å². The lowest BCUT2D eigenvalue weighted by Gasteiger charge is -2.25. The van der Waals surface area contributed by atoms with Crippen LogP contribution in [0.15, 0.2) is 12.4 Å². The summed E-state index contributed by atoms with van der Waals surface area (Å²) in [7, 11) is 0. The van der Waals surface area contributed by atoms with Crippen LogP contribution in [0.4, 0.5) is 0 Å². The first kappa shape index (κ1) is 13.3. The average molecular weight is 294 g/mol. The van der Waals surface area contributed by atoms with Gasteiger partial charge in [-0.05, 0) is 23.9 Å². The number of rotatable bonds is 2. The van der Waals surface area contributed by atoms with E-state index < -0.39 is 0 Å². The van der Waals surface area contributed by atoms with Crippen molar-refractivity contribution < 1.29 is 4.79 Å². The highest BCUT2D eigenvalue weighted by molar-refractivity contribution is 6.28. The Morgan fingerprint density at radius 3 is 3.05 bits per heavy atom. The number of carbonyl (C=O) groups excluding carboxylic acids is 1. The zero-order valence-corrected chi connectivity index (χ0v) is 12.2. The van der Waals surface area contributed by atoms with Crippen molar-refractivity contribution in [2.75, 3.05) is 6.54 Å². The summed E-state index contributed by atoms with van der Waals surface area (Å²) in [6.45, 7) is 5.24. The fourth-order valence-electron chi connectivity index (χ4n) is 2.83. The average Bonchev–Trinajstić information content (AvgIpc) is 2.95. The largest absolute Gasteiger partial charge is 0.338 e. The maximum Gasteiger partial charge on any atom is 0.224 e. The van der Waals surface area contributed by atoms with E-state index in [1.54, 1.807) is 19.3 Å². The van der Waals surface area contributed by atoms with Gasteiger partial charge in [0, 0.05) is 19.7 Å². The second-order valence-corrected chi connectivity index (χ2v) is 5.63. The van der Waals surface area contributed by atoms with Gasteiger partial charge in [-0.1, -0.05) is 6.92 Å². The summed E-state index contributed by atoms with van der Waals surface area (Å²) < 4.78 is 1.81. The second-order valence-electron chi connectivity index (χ2n) is 5.29. The van der Waals surface area contributed by atoms with Gasteiger partial charge >= 0.3 is 0 Å². The fraction of sp³-hybridized carbons (Fsp3) is 0.538. The van der Waals surface area contributed by atoms with E-state index in [-0.39, 0.29) is 17.2 Å². The number of fused-ring (bicyclic) bond motifs is 1. The van der Waals surface area contributed by atoms with Crippen LogP contribution in [-0.2, 0) is 11.3 Å². The number of aromatic nitrogens is 4. The first-order valence-corrected chi connectivity index (χ1v) is 7.05. The fourth-order valence-corrected chi connectivity index (χ4v) is 2.96. The molecule has 0 aromatic carbocycles. The van der Waals surface area contributed by atoms with Gasteiger partial charge in [-0.15, -0.1) is 0 Å². The van der Waals surface area contributed by atoms with Gasteiger partial charge in [0.1, 0.15) is 0 Å². The van der Waals surface area contributed by atoms with E-state index in [1.807, 2.05) is 9.58 Å². The smallest absolute Gasteiger partial charge is 0.224 e. The molecule has 1 amide bonds. The molecule has 1 fully saturated rings. The van der Waals surface area contributed by atoms with E-state index >= 15 is 0 Å². The Morgan fingerprint density at radius 2 is 2.30 bits per heavy atom. The van der Waals surface area contributed by atoms with Crippen LogP contribution in [0.5, 0.6) is 0 Å². The van der Waals surface area contributed by atoms with E-state index in [0.717, 1.165) is 18.4 Å². The summed E-state index contributed by atoms with van der Waals surface area (Å²) in [5.74, 6) is 0.568. The Hall–Kier alpha value is -1.69. The predicted octanol–water partition coefficient (Wildman–Crippen LogP) is 1.74. The minimum atomic E-state index is 0.114. The zero-order valence-electron chi connectivity index (χ0n) is 11.5. The number of amides is 1. The van der Waals surface area contributed by atoms with E-state index in [4.69, 9.17) is 11.6 Å². The molecule has 1 aliphatic rings. The maximum absolute atomic E-state index is 11.7. The van der Waals surface area contributed by atoms with E-state index in [9.17, 15) is 4.79 Å². The molecule has 0 aliphatic carbocycles. The highest BCUT2D eigenvalue weighted by atomic mass is 35.5. The molecular weight excluding hydrogens is 278 g/mol. The lowest BCUT2D eigenvalue weighted by Crippen LogP contribution is -2.39. The van der Waals surface area contributed by atoms with Crippen LogP contribution < -0.4 is 0 Å². The van der Waals surface area contributed by atoms with Gasteiger partial charge in [-0.3, -0.25) is 4.79 Å². The van der Waals surface area contributed by atoms with E-state index in [2.05, 4.69) is 22.0 Å². The van der Waals surface area contributed by atoms with Crippen molar-refractivity contribution in [1.82, 2.24) is 24.6 Å². The van der Waals surface area contributed by atoms with Gasteiger partial charge in [0.25, 0.3) is 0 Å². The molecule has 2 aromatic rings. The van der Waals surface area contributed by atoms with Crippen molar-refractivity contribution in [2.24, 2.45) is 5.92 Å². The van der Waals surface area contributed by atoms with Crippen molar-refractivity contribution in [1.29, 1.82) is 0 Å². The van der Waals surface area contributed by atoms with Crippen LogP contribution in [0.2, 0.25) is 5.28 Å². The van der Waals surface area contributed by atoms with Crippen molar-refractivity contribution in [3.8, 4) is 0 Å². The zero-order chi connectivity index (χ0) is 14.3. The molecule has 2 atom stereocenters. The summed E-state index contributed by atoms with van der Waals surface area (Å²) in [5.41, 5.74) is 0.715. The van der Waals surface area contributed by atoms with Gasteiger partial charge in [0.05, 0.1) is 24.2 Å². The number of likely N-dealkylation sites (tertiary alicyclic amines) is 1. The molecule has 6 nitrogen and oxygen atoms in total. The molecule has 1 saturated heterocycles. The predicted molar refractivity (Wildman–Crippen MR) is 75.3 cm³/mol. The number of hydrogen-bond donors (Lipinski definition) is 0. The molecule has 1 aliphatic heterocycles. The minimum absolute atomic E-state index is 0.114. The molecule has 3 rings (SSSR count). The summed E-state index contributed by atoms with van der Waals surface area (Å²) in [6.07, 6.45) is 4.41. The lowest BCUT2D eigenvalue weighted by atomic mass is 10.0. The van der Waals surface area contributed by atoms with Crippen LogP contribution in [0, 0.1) is 5.92 Å². The number of halogens is 1. The van der Waals surface area contributed by atoms with Crippen molar-refractivity contribution >= 4 is 28.5 Å². The monoisotopic (exact) mass is 293 g/mol. The normalized spacial score (nSPS) is 22.6. The molecule has 0 radical (unpaired) electrons. The van der Waals surface area contributed by atoms with Gasteiger partial charge in [-0.2, -0.15) is 10.1 Å². The molecular formula is C13H16ClN5O. The van der Waals surface area contributed by atoms with Gasteiger partial charge in [-0.25, -0.2) is 9.67 Å². The Kier molecular flexibility index (Phi) is 3.33. The highest BCUT2D eigenvalue weighted by Gasteiger charge is 2.33. The van der Waals surface area contributed by atoms with E-state index in [0.29, 0.717) is 18.1 Å². The Morgan fingerprint density at radius 1 is 1.50 bits per heavy atom. The summed E-state index contributed by atoms with van der Waals surface area (Å²) in [4.78, 5) is 21.8. The lowest BCUT2D eigenvalue weighted by molar-refractivity contribution is -0.130. The van der Waals surface area contributed by atoms with Crippen LogP contribution in [0.1, 0.15) is 20.3 Å². The molecule has 0 bridgehead atoms. The molecule has 0 N–H and O–H groups in total. The van der Waals surface area contributed by atoms with Gasteiger partial charge < -0.3 is 4.90 Å². The molecule has 106 valence electrons. The Balaban J connectivity index is 1.92. The number of nitrogens with zero attached hydrogens (tertiary/aromatic N) is 5. The minimum Gasteiger partial charge on any atom is -0.338 e. The molecule has 7 heteroatoms. The molecule has 0 saturated carbocycles. The Labute approximate surface area is 121 Å². The van der Waals surface area contributed by atoms with Crippen molar-refractivity contribution in [3.05, 3.63) is 17.7 Å². The topological polar surface area (TPSA) is 63.9 Å².